The Kier molecular flexibility index (Phi) is 2.79. The maximum absolute atomic E-state index is 12.5. The van der Waals surface area contributed by atoms with Crippen molar-refractivity contribution in [2.75, 3.05) is 12.1 Å². The second kappa shape index (κ2) is 4.80. The molecule has 2 N–H and O–H groups in total. The highest BCUT2D eigenvalue weighted by molar-refractivity contribution is 6.07. The molecule has 1 aliphatic rings. The van der Waals surface area contributed by atoms with E-state index in [9.17, 15) is 4.79 Å². The number of fused-ring (bicyclic) bond motifs is 2. The van der Waals surface area contributed by atoms with Crippen molar-refractivity contribution in [3.63, 3.8) is 0 Å². The smallest absolute Gasteiger partial charge is 0.259 e. The van der Waals surface area contributed by atoms with E-state index in [1.54, 1.807) is 18.2 Å². The van der Waals surface area contributed by atoms with Gasteiger partial charge in [-0.1, -0.05) is 6.07 Å². The van der Waals surface area contributed by atoms with Gasteiger partial charge in [-0.2, -0.15) is 0 Å². The molecule has 4 rings (SSSR count). The highest BCUT2D eigenvalue weighted by Crippen LogP contribution is 2.35. The molecule has 0 spiro atoms. The molecule has 0 saturated carbocycles. The van der Waals surface area contributed by atoms with Gasteiger partial charge < -0.3 is 19.8 Å². The van der Waals surface area contributed by atoms with E-state index in [0.29, 0.717) is 17.1 Å². The Morgan fingerprint density at radius 1 is 1.18 bits per heavy atom. The summed E-state index contributed by atoms with van der Waals surface area (Å²) in [5.41, 5.74) is 3.35. The second-order valence-electron chi connectivity index (χ2n) is 5.25. The fraction of sp³-hybridized carbons (Fsp3) is 0.118. The summed E-state index contributed by atoms with van der Waals surface area (Å²) in [7, 11) is 0. The molecule has 2 aromatic carbocycles. The molecule has 2 heterocycles. The Hall–Kier alpha value is -2.95. The van der Waals surface area contributed by atoms with Crippen molar-refractivity contribution in [2.24, 2.45) is 0 Å². The summed E-state index contributed by atoms with van der Waals surface area (Å²) >= 11 is 0. The van der Waals surface area contributed by atoms with Crippen LogP contribution in [-0.4, -0.2) is 17.7 Å². The van der Waals surface area contributed by atoms with Gasteiger partial charge in [0.2, 0.25) is 6.79 Å². The van der Waals surface area contributed by atoms with Crippen molar-refractivity contribution in [1.82, 2.24) is 4.98 Å². The van der Waals surface area contributed by atoms with E-state index in [2.05, 4.69) is 10.3 Å². The third-order valence-electron chi connectivity index (χ3n) is 3.65. The number of H-pyrrole nitrogens is 1. The standard InChI is InChI=1S/C17H14N2O3/c1-10-7-11-8-12(5-6-14(11)18-10)19-17(20)13-3-2-4-15-16(13)22-9-21-15/h2-8,18H,9H2,1H3,(H,19,20). The number of nitrogens with one attached hydrogen (secondary N) is 2. The number of para-hydroxylation sites is 1. The summed E-state index contributed by atoms with van der Waals surface area (Å²) in [4.78, 5) is 15.7. The summed E-state index contributed by atoms with van der Waals surface area (Å²) in [6, 6.07) is 13.1. The molecule has 0 fully saturated rings. The van der Waals surface area contributed by atoms with Crippen molar-refractivity contribution in [3.05, 3.63) is 53.7 Å². The van der Waals surface area contributed by atoms with Crippen molar-refractivity contribution in [2.45, 2.75) is 6.92 Å². The summed E-state index contributed by atoms with van der Waals surface area (Å²) in [5, 5.41) is 3.96. The number of rotatable bonds is 2. The zero-order chi connectivity index (χ0) is 15.1. The summed E-state index contributed by atoms with van der Waals surface area (Å²) in [5.74, 6) is 0.886. The Morgan fingerprint density at radius 2 is 2.09 bits per heavy atom. The minimum absolute atomic E-state index is 0.147. The molecule has 0 aliphatic carbocycles. The van der Waals surface area contributed by atoms with Crippen LogP contribution in [0.2, 0.25) is 0 Å². The van der Waals surface area contributed by atoms with Gasteiger partial charge in [0.25, 0.3) is 5.91 Å². The summed E-state index contributed by atoms with van der Waals surface area (Å²) in [6.07, 6.45) is 0. The molecule has 22 heavy (non-hydrogen) atoms. The first-order chi connectivity index (χ1) is 10.7. The predicted molar refractivity (Wildman–Crippen MR) is 83.6 cm³/mol. The number of amides is 1. The first kappa shape index (κ1) is 12.8. The molecular formula is C17H14N2O3. The van der Waals surface area contributed by atoms with Crippen LogP contribution in [-0.2, 0) is 0 Å². The number of anilines is 1. The number of hydrogen-bond acceptors (Lipinski definition) is 3. The van der Waals surface area contributed by atoms with Crippen LogP contribution in [0.4, 0.5) is 5.69 Å². The number of aromatic nitrogens is 1. The summed E-state index contributed by atoms with van der Waals surface area (Å²) in [6.45, 7) is 2.15. The van der Waals surface area contributed by atoms with E-state index in [0.717, 1.165) is 22.3 Å². The SMILES string of the molecule is Cc1cc2cc(NC(=O)c3cccc4c3OCO4)ccc2[nH]1. The van der Waals surface area contributed by atoms with Crippen molar-refractivity contribution in [1.29, 1.82) is 0 Å². The molecule has 0 unspecified atom stereocenters. The van der Waals surface area contributed by atoms with E-state index in [1.165, 1.54) is 0 Å². The van der Waals surface area contributed by atoms with Crippen LogP contribution >= 0.6 is 0 Å². The van der Waals surface area contributed by atoms with E-state index in [4.69, 9.17) is 9.47 Å². The molecule has 3 aromatic rings. The van der Waals surface area contributed by atoms with Crippen LogP contribution in [0.15, 0.2) is 42.5 Å². The molecular weight excluding hydrogens is 280 g/mol. The van der Waals surface area contributed by atoms with Crippen LogP contribution < -0.4 is 14.8 Å². The van der Waals surface area contributed by atoms with Gasteiger partial charge in [-0.15, -0.1) is 0 Å². The van der Waals surface area contributed by atoms with Gasteiger partial charge in [0.1, 0.15) is 0 Å². The van der Waals surface area contributed by atoms with Gasteiger partial charge in [0.05, 0.1) is 5.56 Å². The second-order valence-corrected chi connectivity index (χ2v) is 5.25. The average molecular weight is 294 g/mol. The largest absolute Gasteiger partial charge is 0.454 e. The molecule has 1 amide bonds. The molecule has 5 heteroatoms. The number of aryl methyl sites for hydroxylation is 1. The topological polar surface area (TPSA) is 63.4 Å². The number of hydrogen-bond donors (Lipinski definition) is 2. The molecule has 0 bridgehead atoms. The van der Waals surface area contributed by atoms with Gasteiger partial charge in [-0.25, -0.2) is 0 Å². The molecule has 0 saturated heterocycles. The minimum atomic E-state index is -0.214. The lowest BCUT2D eigenvalue weighted by Gasteiger charge is -2.07. The van der Waals surface area contributed by atoms with Gasteiger partial charge in [0, 0.05) is 22.3 Å². The first-order valence-corrected chi connectivity index (χ1v) is 7.00. The van der Waals surface area contributed by atoms with E-state index < -0.39 is 0 Å². The van der Waals surface area contributed by atoms with Crippen molar-refractivity contribution in [3.8, 4) is 11.5 Å². The zero-order valence-electron chi connectivity index (χ0n) is 12.0. The van der Waals surface area contributed by atoms with Crippen LogP contribution in [0.25, 0.3) is 10.9 Å². The molecule has 110 valence electrons. The first-order valence-electron chi connectivity index (χ1n) is 7.00. The van der Waals surface area contributed by atoms with Gasteiger partial charge >= 0.3 is 0 Å². The minimum Gasteiger partial charge on any atom is -0.454 e. The molecule has 5 nitrogen and oxygen atoms in total. The lowest BCUT2D eigenvalue weighted by atomic mass is 10.1. The van der Waals surface area contributed by atoms with E-state index >= 15 is 0 Å². The Labute approximate surface area is 126 Å². The number of aromatic amines is 1. The third kappa shape index (κ3) is 2.07. The number of carbonyl (C=O) groups is 1. The number of ether oxygens (including phenoxy) is 2. The Morgan fingerprint density at radius 3 is 3.00 bits per heavy atom. The van der Waals surface area contributed by atoms with Crippen LogP contribution in [0.5, 0.6) is 11.5 Å². The highest BCUT2D eigenvalue weighted by Gasteiger charge is 2.21. The van der Waals surface area contributed by atoms with Crippen LogP contribution in [0, 0.1) is 6.92 Å². The number of benzene rings is 2. The third-order valence-corrected chi connectivity index (χ3v) is 3.65. The molecule has 1 aliphatic heterocycles. The highest BCUT2D eigenvalue weighted by atomic mass is 16.7. The van der Waals surface area contributed by atoms with Crippen molar-refractivity contribution >= 4 is 22.5 Å². The fourth-order valence-corrected chi connectivity index (χ4v) is 2.66. The Balaban J connectivity index is 1.64. The lowest BCUT2D eigenvalue weighted by Crippen LogP contribution is -2.12. The van der Waals surface area contributed by atoms with Crippen LogP contribution in [0.1, 0.15) is 16.1 Å². The monoisotopic (exact) mass is 294 g/mol. The van der Waals surface area contributed by atoms with Gasteiger partial charge in [-0.05, 0) is 43.3 Å². The fourth-order valence-electron chi connectivity index (χ4n) is 2.66. The molecule has 0 atom stereocenters. The van der Waals surface area contributed by atoms with Crippen molar-refractivity contribution < 1.29 is 14.3 Å². The maximum Gasteiger partial charge on any atom is 0.259 e. The average Bonchev–Trinajstić information content (AvgIpc) is 3.11. The zero-order valence-corrected chi connectivity index (χ0v) is 12.0. The summed E-state index contributed by atoms with van der Waals surface area (Å²) < 4.78 is 10.7. The van der Waals surface area contributed by atoms with E-state index in [1.807, 2.05) is 31.2 Å². The number of carbonyl (C=O) groups excluding carboxylic acids is 1. The van der Waals surface area contributed by atoms with Crippen LogP contribution in [0.3, 0.4) is 0 Å². The lowest BCUT2D eigenvalue weighted by molar-refractivity contribution is 0.102. The quantitative estimate of drug-likeness (QED) is 0.761. The predicted octanol–water partition coefficient (Wildman–Crippen LogP) is 3.46. The van der Waals surface area contributed by atoms with Gasteiger partial charge in [0.15, 0.2) is 11.5 Å². The van der Waals surface area contributed by atoms with E-state index in [-0.39, 0.29) is 12.7 Å². The molecule has 1 aromatic heterocycles. The maximum atomic E-state index is 12.5. The van der Waals surface area contributed by atoms with Gasteiger partial charge in [-0.3, -0.25) is 4.79 Å². The molecule has 0 radical (unpaired) electrons. The Bertz CT molecular complexity index is 883. The normalized spacial score (nSPS) is 12.6.